The number of aliphatic hydroxyl groups is 2. The number of benzene rings is 2. The number of hydrogen-bond acceptors (Lipinski definition) is 6. The van der Waals surface area contributed by atoms with Crippen molar-refractivity contribution in [2.24, 2.45) is 0 Å². The van der Waals surface area contributed by atoms with E-state index in [1.807, 2.05) is 0 Å². The molecule has 8 nitrogen and oxygen atoms in total. The van der Waals surface area contributed by atoms with Crippen LogP contribution in [0.1, 0.15) is 35.7 Å². The molecule has 3 N–H and O–H groups in total. The number of carbonyl (C=O) groups is 2. The Morgan fingerprint density at radius 1 is 1.05 bits per heavy atom. The standard InChI is InChI=1S/C27H32Cl4N4O4/c1-27(39,20-11-16(28)3-4-21(20)29)26(38)34-7-5-19(6-8-34)35-14-18(15-35)32-17-12-22(30)24(23(31)13-17)25(37)33(2)9-10-36/h3-4,11-13,18-19,32,36,39H,5-10,14-15H2,1-2H3/t27-/m0/s1. The van der Waals surface area contributed by atoms with E-state index in [9.17, 15) is 14.7 Å². The topological polar surface area (TPSA) is 96.4 Å². The van der Waals surface area contributed by atoms with Gasteiger partial charge in [0.15, 0.2) is 5.60 Å². The fourth-order valence-corrected chi connectivity index (χ4v) is 6.29. The number of rotatable bonds is 8. The second kappa shape index (κ2) is 12.4. The number of amides is 2. The van der Waals surface area contributed by atoms with Crippen LogP contribution in [0, 0.1) is 0 Å². The van der Waals surface area contributed by atoms with E-state index < -0.39 is 5.60 Å². The fraction of sp³-hybridized carbons (Fsp3) is 0.481. The van der Waals surface area contributed by atoms with Gasteiger partial charge in [-0.05, 0) is 50.1 Å². The Hall–Kier alpha value is -1.78. The van der Waals surface area contributed by atoms with Crippen LogP contribution in [0.4, 0.5) is 5.69 Å². The van der Waals surface area contributed by atoms with Crippen LogP contribution in [-0.2, 0) is 10.4 Å². The summed E-state index contributed by atoms with van der Waals surface area (Å²) in [6, 6.07) is 8.64. The van der Waals surface area contributed by atoms with E-state index in [2.05, 4.69) is 10.2 Å². The maximum absolute atomic E-state index is 13.2. The SMILES string of the molecule is CN(CCO)C(=O)c1c(Cl)cc(NC2CN(C3CCN(C(=O)[C@@](C)(O)c4cc(Cl)ccc4Cl)CC3)C2)cc1Cl. The zero-order valence-corrected chi connectivity index (χ0v) is 24.8. The number of anilines is 1. The van der Waals surface area contributed by atoms with Gasteiger partial charge in [-0.15, -0.1) is 0 Å². The molecule has 39 heavy (non-hydrogen) atoms. The summed E-state index contributed by atoms with van der Waals surface area (Å²) in [6.45, 7) is 4.22. The van der Waals surface area contributed by atoms with E-state index in [1.54, 1.807) is 36.2 Å². The monoisotopic (exact) mass is 616 g/mol. The van der Waals surface area contributed by atoms with E-state index >= 15 is 0 Å². The van der Waals surface area contributed by atoms with Crippen LogP contribution >= 0.6 is 46.4 Å². The molecular weight excluding hydrogens is 586 g/mol. The van der Waals surface area contributed by atoms with Crippen LogP contribution < -0.4 is 5.32 Å². The summed E-state index contributed by atoms with van der Waals surface area (Å²) in [7, 11) is 1.58. The highest BCUT2D eigenvalue weighted by Crippen LogP contribution is 2.34. The Balaban J connectivity index is 1.28. The Bertz CT molecular complexity index is 1210. The lowest BCUT2D eigenvalue weighted by Gasteiger charge is -2.48. The molecule has 0 spiro atoms. The average molecular weight is 618 g/mol. The van der Waals surface area contributed by atoms with E-state index in [0.29, 0.717) is 34.7 Å². The van der Waals surface area contributed by atoms with Crippen LogP contribution in [0.15, 0.2) is 30.3 Å². The van der Waals surface area contributed by atoms with Gasteiger partial charge in [-0.3, -0.25) is 14.5 Å². The molecule has 2 aliphatic rings. The molecule has 0 unspecified atom stereocenters. The molecule has 2 fully saturated rings. The predicted molar refractivity (Wildman–Crippen MR) is 155 cm³/mol. The maximum Gasteiger partial charge on any atom is 0.258 e. The number of nitrogens with one attached hydrogen (secondary N) is 1. The van der Waals surface area contributed by atoms with Crippen molar-refractivity contribution >= 4 is 63.9 Å². The van der Waals surface area contributed by atoms with Crippen molar-refractivity contribution in [2.45, 2.75) is 37.5 Å². The molecule has 0 aliphatic carbocycles. The van der Waals surface area contributed by atoms with Gasteiger partial charge in [0.2, 0.25) is 0 Å². The minimum Gasteiger partial charge on any atom is -0.395 e. The maximum atomic E-state index is 13.2. The number of halogens is 4. The van der Waals surface area contributed by atoms with Crippen molar-refractivity contribution in [3.8, 4) is 0 Å². The smallest absolute Gasteiger partial charge is 0.258 e. The van der Waals surface area contributed by atoms with E-state index in [1.165, 1.54) is 17.9 Å². The molecule has 1 atom stereocenters. The number of aliphatic hydroxyl groups excluding tert-OH is 1. The van der Waals surface area contributed by atoms with Gasteiger partial charge in [0.1, 0.15) is 0 Å². The first-order valence-corrected chi connectivity index (χ1v) is 14.3. The first-order chi connectivity index (χ1) is 18.4. The van der Waals surface area contributed by atoms with Crippen molar-refractivity contribution in [3.63, 3.8) is 0 Å². The summed E-state index contributed by atoms with van der Waals surface area (Å²) >= 11 is 25.1. The molecule has 12 heteroatoms. The highest BCUT2D eigenvalue weighted by atomic mass is 35.5. The van der Waals surface area contributed by atoms with Gasteiger partial charge >= 0.3 is 0 Å². The van der Waals surface area contributed by atoms with Crippen molar-refractivity contribution in [1.82, 2.24) is 14.7 Å². The molecule has 2 heterocycles. The Morgan fingerprint density at radius 2 is 1.67 bits per heavy atom. The molecule has 0 radical (unpaired) electrons. The molecule has 2 saturated heterocycles. The highest BCUT2D eigenvalue weighted by molar-refractivity contribution is 6.40. The Kier molecular flexibility index (Phi) is 9.59. The normalized spacial score (nSPS) is 18.4. The first kappa shape index (κ1) is 30.2. The van der Waals surface area contributed by atoms with Gasteiger partial charge < -0.3 is 25.3 Å². The number of piperidine rings is 1. The summed E-state index contributed by atoms with van der Waals surface area (Å²) in [4.78, 5) is 31.2. The first-order valence-electron chi connectivity index (χ1n) is 12.8. The summed E-state index contributed by atoms with van der Waals surface area (Å²) in [5.74, 6) is -0.728. The van der Waals surface area contributed by atoms with Crippen molar-refractivity contribution in [3.05, 3.63) is 61.5 Å². The molecule has 0 aromatic heterocycles. The van der Waals surface area contributed by atoms with Crippen molar-refractivity contribution < 1.29 is 19.8 Å². The zero-order chi connectivity index (χ0) is 28.5. The van der Waals surface area contributed by atoms with E-state index in [-0.39, 0.29) is 46.6 Å². The summed E-state index contributed by atoms with van der Waals surface area (Å²) < 4.78 is 0. The predicted octanol–water partition coefficient (Wildman–Crippen LogP) is 4.36. The largest absolute Gasteiger partial charge is 0.395 e. The molecule has 0 saturated carbocycles. The molecule has 0 bridgehead atoms. The van der Waals surface area contributed by atoms with Gasteiger partial charge in [-0.25, -0.2) is 0 Å². The van der Waals surface area contributed by atoms with Crippen molar-refractivity contribution in [1.29, 1.82) is 0 Å². The summed E-state index contributed by atoms with van der Waals surface area (Å²) in [5.41, 5.74) is -0.515. The third-order valence-corrected chi connectivity index (χ3v) is 8.62. The lowest BCUT2D eigenvalue weighted by atomic mass is 9.92. The van der Waals surface area contributed by atoms with Gasteiger partial charge in [0.25, 0.3) is 11.8 Å². The highest BCUT2D eigenvalue weighted by Gasteiger charge is 2.41. The molecular formula is C27H32Cl4N4O4. The summed E-state index contributed by atoms with van der Waals surface area (Å²) in [5, 5.41) is 24.8. The van der Waals surface area contributed by atoms with Gasteiger partial charge in [0, 0.05) is 67.1 Å². The molecule has 212 valence electrons. The zero-order valence-electron chi connectivity index (χ0n) is 21.8. The lowest BCUT2D eigenvalue weighted by Crippen LogP contribution is -2.61. The average Bonchev–Trinajstić information content (AvgIpc) is 2.86. The molecule has 2 aromatic rings. The number of nitrogens with zero attached hydrogens (tertiary/aromatic N) is 3. The third-order valence-electron chi connectivity index (χ3n) is 7.46. The number of likely N-dealkylation sites (tertiary alicyclic amines) is 2. The number of carbonyl (C=O) groups excluding carboxylic acids is 2. The van der Waals surface area contributed by atoms with Gasteiger partial charge in [0.05, 0.1) is 28.3 Å². The third kappa shape index (κ3) is 6.59. The van der Waals surface area contributed by atoms with Gasteiger partial charge in [-0.2, -0.15) is 0 Å². The van der Waals surface area contributed by atoms with Gasteiger partial charge in [-0.1, -0.05) is 46.4 Å². The Labute approximate surface area is 248 Å². The van der Waals surface area contributed by atoms with Crippen LogP contribution in [0.25, 0.3) is 0 Å². The second-order valence-corrected chi connectivity index (χ2v) is 11.9. The fourth-order valence-electron chi connectivity index (χ4n) is 5.17. The van der Waals surface area contributed by atoms with E-state index in [4.69, 9.17) is 51.5 Å². The second-order valence-electron chi connectivity index (χ2n) is 10.3. The molecule has 2 aliphatic heterocycles. The van der Waals surface area contributed by atoms with Crippen LogP contribution in [0.2, 0.25) is 20.1 Å². The number of hydrogen-bond donors (Lipinski definition) is 3. The van der Waals surface area contributed by atoms with Crippen molar-refractivity contribution in [2.75, 3.05) is 51.7 Å². The molecule has 2 aromatic carbocycles. The lowest BCUT2D eigenvalue weighted by molar-refractivity contribution is -0.152. The van der Waals surface area contributed by atoms with Crippen LogP contribution in [-0.4, -0.2) is 95.2 Å². The Morgan fingerprint density at radius 3 is 2.26 bits per heavy atom. The minimum atomic E-state index is -1.77. The number of likely N-dealkylation sites (N-methyl/N-ethyl adjacent to an activating group) is 1. The molecule has 4 rings (SSSR count). The minimum absolute atomic E-state index is 0.149. The quantitative estimate of drug-likeness (QED) is 0.407. The van der Waals surface area contributed by atoms with Crippen LogP contribution in [0.3, 0.4) is 0 Å². The van der Waals surface area contributed by atoms with Crippen LogP contribution in [0.5, 0.6) is 0 Å². The molecule has 2 amide bonds. The summed E-state index contributed by atoms with van der Waals surface area (Å²) in [6.07, 6.45) is 1.60. The van der Waals surface area contributed by atoms with E-state index in [0.717, 1.165) is 31.6 Å².